The van der Waals surface area contributed by atoms with Crippen molar-refractivity contribution in [2.75, 3.05) is 18.6 Å². The van der Waals surface area contributed by atoms with Crippen molar-refractivity contribution < 1.29 is 0 Å². The molecule has 0 unspecified atom stereocenters. The Morgan fingerprint density at radius 3 is 2.68 bits per heavy atom. The van der Waals surface area contributed by atoms with Crippen molar-refractivity contribution in [3.8, 4) is 0 Å². The van der Waals surface area contributed by atoms with Crippen LogP contribution in [0.2, 0.25) is 0 Å². The molecule has 4 heteroatoms. The quantitative estimate of drug-likeness (QED) is 0.631. The first-order valence-electron chi connectivity index (χ1n) is 7.57. The highest BCUT2D eigenvalue weighted by atomic mass is 32.2. The Labute approximate surface area is 122 Å². The second-order valence-electron chi connectivity index (χ2n) is 4.88. The summed E-state index contributed by atoms with van der Waals surface area (Å²) in [5.41, 5.74) is 2.53. The Balaban J connectivity index is 2.13. The van der Waals surface area contributed by atoms with E-state index in [1.807, 2.05) is 11.8 Å². The highest BCUT2D eigenvalue weighted by molar-refractivity contribution is 7.98. The summed E-state index contributed by atoms with van der Waals surface area (Å²) in [6.45, 7) is 7.35. The molecule has 0 saturated carbocycles. The van der Waals surface area contributed by atoms with Crippen LogP contribution in [-0.2, 0) is 19.5 Å². The normalized spacial score (nSPS) is 11.1. The molecule has 1 aromatic heterocycles. The van der Waals surface area contributed by atoms with E-state index in [0.29, 0.717) is 0 Å². The molecule has 1 N–H and O–H groups in total. The van der Waals surface area contributed by atoms with E-state index in [4.69, 9.17) is 0 Å². The number of nitrogens with zero attached hydrogens (tertiary/aromatic N) is 2. The third kappa shape index (κ3) is 6.48. The average molecular weight is 283 g/mol. The van der Waals surface area contributed by atoms with E-state index in [1.54, 1.807) is 0 Å². The monoisotopic (exact) mass is 283 g/mol. The summed E-state index contributed by atoms with van der Waals surface area (Å²) in [6, 6.07) is 2.23. The zero-order valence-corrected chi connectivity index (χ0v) is 13.6. The van der Waals surface area contributed by atoms with Crippen LogP contribution in [0, 0.1) is 0 Å². The van der Waals surface area contributed by atoms with Crippen LogP contribution in [-0.4, -0.2) is 28.3 Å². The molecule has 0 amide bonds. The van der Waals surface area contributed by atoms with Crippen LogP contribution >= 0.6 is 11.8 Å². The van der Waals surface area contributed by atoms with Crippen LogP contribution in [0.4, 0.5) is 0 Å². The third-order valence-corrected chi connectivity index (χ3v) is 4.03. The maximum atomic E-state index is 4.57. The lowest BCUT2D eigenvalue weighted by Crippen LogP contribution is -2.17. The van der Waals surface area contributed by atoms with Gasteiger partial charge >= 0.3 is 0 Å². The van der Waals surface area contributed by atoms with Crippen LogP contribution < -0.4 is 5.32 Å². The van der Waals surface area contributed by atoms with E-state index in [1.165, 1.54) is 42.8 Å². The molecule has 0 saturated heterocycles. The lowest BCUT2D eigenvalue weighted by atomic mass is 10.2. The van der Waals surface area contributed by atoms with Gasteiger partial charge in [0.05, 0.1) is 11.4 Å². The second-order valence-corrected chi connectivity index (χ2v) is 5.87. The van der Waals surface area contributed by atoms with Gasteiger partial charge in [-0.1, -0.05) is 19.8 Å². The van der Waals surface area contributed by atoms with Gasteiger partial charge in [0.15, 0.2) is 0 Å². The largest absolute Gasteiger partial charge is 0.311 e. The Hall–Kier alpha value is -0.480. The van der Waals surface area contributed by atoms with E-state index in [2.05, 4.69) is 41.3 Å². The summed E-state index contributed by atoms with van der Waals surface area (Å²) in [6.07, 6.45) is 8.58. The van der Waals surface area contributed by atoms with Crippen LogP contribution in [0.5, 0.6) is 0 Å². The summed E-state index contributed by atoms with van der Waals surface area (Å²) in [5, 5.41) is 8.11. The number of hydrogen-bond acceptors (Lipinski definition) is 3. The number of nitrogens with one attached hydrogen (secondary N) is 1. The van der Waals surface area contributed by atoms with E-state index < -0.39 is 0 Å². The Kier molecular flexibility index (Phi) is 9.01. The van der Waals surface area contributed by atoms with Crippen molar-refractivity contribution in [1.29, 1.82) is 0 Å². The van der Waals surface area contributed by atoms with Gasteiger partial charge in [-0.05, 0) is 50.8 Å². The Morgan fingerprint density at radius 1 is 1.21 bits per heavy atom. The predicted octanol–water partition coefficient (Wildman–Crippen LogP) is 3.48. The van der Waals surface area contributed by atoms with E-state index >= 15 is 0 Å². The summed E-state index contributed by atoms with van der Waals surface area (Å²) in [5.74, 6) is 1.31. The van der Waals surface area contributed by atoms with Crippen molar-refractivity contribution in [2.24, 2.45) is 0 Å². The minimum atomic E-state index is 0.950. The lowest BCUT2D eigenvalue weighted by Gasteiger charge is -2.06. The molecule has 1 rings (SSSR count). The van der Waals surface area contributed by atoms with Gasteiger partial charge in [-0.15, -0.1) is 0 Å². The molecule has 1 aromatic rings. The average Bonchev–Trinajstić information content (AvgIpc) is 2.84. The molecule has 0 spiro atoms. The number of aromatic nitrogens is 2. The zero-order valence-electron chi connectivity index (χ0n) is 12.7. The highest BCUT2D eigenvalue weighted by Gasteiger charge is 2.04. The topological polar surface area (TPSA) is 29.9 Å². The van der Waals surface area contributed by atoms with Crippen LogP contribution in [0.15, 0.2) is 6.07 Å². The van der Waals surface area contributed by atoms with Gasteiger partial charge in [0.1, 0.15) is 0 Å². The van der Waals surface area contributed by atoms with Gasteiger partial charge < -0.3 is 5.32 Å². The zero-order chi connectivity index (χ0) is 13.9. The van der Waals surface area contributed by atoms with E-state index in [9.17, 15) is 0 Å². The fraction of sp³-hybridized carbons (Fsp3) is 0.800. The first-order chi connectivity index (χ1) is 9.31. The van der Waals surface area contributed by atoms with Crippen LogP contribution in [0.25, 0.3) is 0 Å². The number of aryl methyl sites for hydroxylation is 2. The first kappa shape index (κ1) is 16.6. The molecule has 0 aromatic carbocycles. The van der Waals surface area contributed by atoms with Crippen molar-refractivity contribution in [1.82, 2.24) is 15.1 Å². The molecule has 0 bridgehead atoms. The van der Waals surface area contributed by atoms with Gasteiger partial charge in [-0.3, -0.25) is 4.68 Å². The standard InChI is InChI=1S/C15H29N3S/c1-4-14-12-15(18(5-2)17-14)13-16-10-8-6-7-9-11-19-3/h12,16H,4-11,13H2,1-3H3. The molecule has 0 radical (unpaired) electrons. The van der Waals surface area contributed by atoms with Gasteiger partial charge in [0.2, 0.25) is 0 Å². The highest BCUT2D eigenvalue weighted by Crippen LogP contribution is 2.06. The molecule has 0 aliphatic heterocycles. The van der Waals surface area contributed by atoms with Crippen molar-refractivity contribution >= 4 is 11.8 Å². The number of unbranched alkanes of at least 4 members (excludes halogenated alkanes) is 3. The van der Waals surface area contributed by atoms with Crippen molar-refractivity contribution in [2.45, 2.75) is 59.0 Å². The molecule has 19 heavy (non-hydrogen) atoms. The third-order valence-electron chi connectivity index (χ3n) is 3.33. The van der Waals surface area contributed by atoms with E-state index in [0.717, 1.165) is 26.1 Å². The molecule has 3 nitrogen and oxygen atoms in total. The molecule has 0 aliphatic rings. The minimum Gasteiger partial charge on any atom is -0.311 e. The molecule has 0 fully saturated rings. The SMILES string of the molecule is CCc1cc(CNCCCCCCSC)n(CC)n1. The number of thioether (sulfide) groups is 1. The molecule has 0 atom stereocenters. The smallest absolute Gasteiger partial charge is 0.0625 e. The minimum absolute atomic E-state index is 0.950. The first-order valence-corrected chi connectivity index (χ1v) is 8.96. The van der Waals surface area contributed by atoms with Gasteiger partial charge in [0, 0.05) is 13.1 Å². The van der Waals surface area contributed by atoms with Gasteiger partial charge in [-0.2, -0.15) is 16.9 Å². The van der Waals surface area contributed by atoms with Gasteiger partial charge in [0.25, 0.3) is 0 Å². The van der Waals surface area contributed by atoms with Crippen LogP contribution in [0.3, 0.4) is 0 Å². The summed E-state index contributed by atoms with van der Waals surface area (Å²) in [7, 11) is 0. The predicted molar refractivity (Wildman–Crippen MR) is 85.8 cm³/mol. The summed E-state index contributed by atoms with van der Waals surface area (Å²) in [4.78, 5) is 0. The molecular formula is C15H29N3S. The molecule has 1 heterocycles. The van der Waals surface area contributed by atoms with Gasteiger partial charge in [-0.25, -0.2) is 0 Å². The number of hydrogen-bond donors (Lipinski definition) is 1. The molecule has 0 aliphatic carbocycles. The second kappa shape index (κ2) is 10.3. The van der Waals surface area contributed by atoms with Crippen LogP contribution in [0.1, 0.15) is 50.9 Å². The van der Waals surface area contributed by atoms with Crippen molar-refractivity contribution in [3.63, 3.8) is 0 Å². The molecular weight excluding hydrogens is 254 g/mol. The lowest BCUT2D eigenvalue weighted by molar-refractivity contribution is 0.556. The Bertz CT molecular complexity index is 336. The van der Waals surface area contributed by atoms with Crippen molar-refractivity contribution in [3.05, 3.63) is 17.5 Å². The maximum Gasteiger partial charge on any atom is 0.0625 e. The number of rotatable bonds is 11. The van der Waals surface area contributed by atoms with E-state index in [-0.39, 0.29) is 0 Å². The summed E-state index contributed by atoms with van der Waals surface area (Å²) < 4.78 is 2.12. The molecule has 110 valence electrons. The summed E-state index contributed by atoms with van der Waals surface area (Å²) >= 11 is 1.95. The fourth-order valence-corrected chi connectivity index (χ4v) is 2.66. The Morgan fingerprint density at radius 2 is 2.00 bits per heavy atom. The fourth-order valence-electron chi connectivity index (χ4n) is 2.17. The maximum absolute atomic E-state index is 4.57.